The smallest absolute Gasteiger partial charge is 0.141 e. The zero-order valence-electron chi connectivity index (χ0n) is 9.10. The Kier molecular flexibility index (Phi) is 4.32. The van der Waals surface area contributed by atoms with Crippen molar-refractivity contribution in [2.75, 3.05) is 13.1 Å². The molecule has 0 atom stereocenters. The van der Waals surface area contributed by atoms with Crippen molar-refractivity contribution in [1.29, 1.82) is 0 Å². The summed E-state index contributed by atoms with van der Waals surface area (Å²) in [4.78, 5) is 0. The molecule has 1 aromatic carbocycles. The first-order valence-corrected chi connectivity index (χ1v) is 6.43. The fraction of sp³-hybridized carbons (Fsp3) is 0.500. The van der Waals surface area contributed by atoms with Gasteiger partial charge in [-0.15, -0.1) is 0 Å². The van der Waals surface area contributed by atoms with Crippen LogP contribution < -0.4 is 10.6 Å². The summed E-state index contributed by atoms with van der Waals surface area (Å²) in [5.41, 5.74) is 0.709. The molecular formula is C12H16BrFN2. The van der Waals surface area contributed by atoms with Crippen LogP contribution in [0.2, 0.25) is 0 Å². The van der Waals surface area contributed by atoms with E-state index in [1.54, 1.807) is 12.1 Å². The molecule has 1 aliphatic carbocycles. The zero-order valence-corrected chi connectivity index (χ0v) is 10.7. The van der Waals surface area contributed by atoms with Crippen molar-refractivity contribution in [1.82, 2.24) is 10.6 Å². The van der Waals surface area contributed by atoms with Gasteiger partial charge >= 0.3 is 0 Å². The lowest BCUT2D eigenvalue weighted by Crippen LogP contribution is -2.28. The molecule has 2 rings (SSSR count). The molecule has 1 aliphatic rings. The molecule has 1 aromatic rings. The highest BCUT2D eigenvalue weighted by Crippen LogP contribution is 2.18. The zero-order chi connectivity index (χ0) is 11.4. The first-order valence-electron chi connectivity index (χ1n) is 5.64. The quantitative estimate of drug-likeness (QED) is 0.785. The van der Waals surface area contributed by atoms with Crippen LogP contribution in [0.4, 0.5) is 4.39 Å². The minimum absolute atomic E-state index is 0.162. The molecule has 0 amide bonds. The van der Waals surface area contributed by atoms with E-state index in [2.05, 4.69) is 26.6 Å². The van der Waals surface area contributed by atoms with Gasteiger partial charge in [0.15, 0.2) is 0 Å². The van der Waals surface area contributed by atoms with Gasteiger partial charge in [-0.2, -0.15) is 0 Å². The monoisotopic (exact) mass is 286 g/mol. The molecule has 0 aromatic heterocycles. The lowest BCUT2D eigenvalue weighted by molar-refractivity contribution is 0.569. The summed E-state index contributed by atoms with van der Waals surface area (Å²) >= 11 is 3.18. The Morgan fingerprint density at radius 1 is 1.31 bits per heavy atom. The molecule has 0 aliphatic heterocycles. The highest BCUT2D eigenvalue weighted by Gasteiger charge is 2.19. The third-order valence-electron chi connectivity index (χ3n) is 2.66. The summed E-state index contributed by atoms with van der Waals surface area (Å²) in [6, 6.07) is 6.12. The molecule has 88 valence electrons. The fourth-order valence-corrected chi connectivity index (χ4v) is 1.97. The molecule has 2 nitrogen and oxygen atoms in total. The van der Waals surface area contributed by atoms with Crippen LogP contribution in [-0.2, 0) is 6.54 Å². The van der Waals surface area contributed by atoms with Crippen molar-refractivity contribution in [2.45, 2.75) is 25.4 Å². The van der Waals surface area contributed by atoms with Crippen LogP contribution in [0.3, 0.4) is 0 Å². The molecule has 4 heteroatoms. The van der Waals surface area contributed by atoms with E-state index >= 15 is 0 Å². The molecule has 2 N–H and O–H groups in total. The van der Waals surface area contributed by atoms with Crippen LogP contribution in [0, 0.1) is 5.82 Å². The van der Waals surface area contributed by atoms with Gasteiger partial charge in [0.1, 0.15) is 5.82 Å². The molecule has 0 spiro atoms. The normalized spacial score (nSPS) is 15.4. The van der Waals surface area contributed by atoms with Crippen molar-refractivity contribution in [2.24, 2.45) is 0 Å². The average Bonchev–Trinajstić information content (AvgIpc) is 3.07. The van der Waals surface area contributed by atoms with Gasteiger partial charge in [0.25, 0.3) is 0 Å². The molecule has 16 heavy (non-hydrogen) atoms. The first kappa shape index (κ1) is 12.0. The second-order valence-corrected chi connectivity index (χ2v) is 4.97. The second-order valence-electron chi connectivity index (χ2n) is 4.12. The molecule has 0 bridgehead atoms. The van der Waals surface area contributed by atoms with Gasteiger partial charge in [0.2, 0.25) is 0 Å². The topological polar surface area (TPSA) is 24.1 Å². The van der Waals surface area contributed by atoms with E-state index in [1.807, 2.05) is 6.07 Å². The number of hydrogen-bond donors (Lipinski definition) is 2. The van der Waals surface area contributed by atoms with Crippen LogP contribution in [0.25, 0.3) is 0 Å². The Bertz CT molecular complexity index is 353. The molecule has 1 saturated carbocycles. The van der Waals surface area contributed by atoms with E-state index in [1.165, 1.54) is 12.8 Å². The number of nitrogens with one attached hydrogen (secondary N) is 2. The number of hydrogen-bond acceptors (Lipinski definition) is 2. The van der Waals surface area contributed by atoms with Gasteiger partial charge in [0.05, 0.1) is 4.47 Å². The molecule has 0 radical (unpaired) electrons. The predicted molar refractivity (Wildman–Crippen MR) is 66.8 cm³/mol. The minimum Gasteiger partial charge on any atom is -0.313 e. The number of rotatable bonds is 6. The molecular weight excluding hydrogens is 271 g/mol. The van der Waals surface area contributed by atoms with Gasteiger partial charge in [-0.3, -0.25) is 0 Å². The van der Waals surface area contributed by atoms with E-state index in [0.29, 0.717) is 16.6 Å². The Hall–Kier alpha value is -0.450. The summed E-state index contributed by atoms with van der Waals surface area (Å²) in [7, 11) is 0. The maximum atomic E-state index is 13.5. The van der Waals surface area contributed by atoms with Crippen LogP contribution in [0.1, 0.15) is 18.4 Å². The van der Waals surface area contributed by atoms with Crippen LogP contribution in [0.15, 0.2) is 22.7 Å². The highest BCUT2D eigenvalue weighted by atomic mass is 79.9. The minimum atomic E-state index is -0.162. The van der Waals surface area contributed by atoms with Crippen LogP contribution in [0.5, 0.6) is 0 Å². The summed E-state index contributed by atoms with van der Waals surface area (Å²) in [6.45, 7) is 2.42. The van der Waals surface area contributed by atoms with E-state index in [0.717, 1.165) is 19.1 Å². The van der Waals surface area contributed by atoms with Crippen LogP contribution in [-0.4, -0.2) is 19.1 Å². The predicted octanol–water partition coefficient (Wildman–Crippen LogP) is 2.43. The maximum absolute atomic E-state index is 13.5. The van der Waals surface area contributed by atoms with Gasteiger partial charge < -0.3 is 10.6 Å². The van der Waals surface area contributed by atoms with Gasteiger partial charge in [-0.1, -0.05) is 12.1 Å². The average molecular weight is 287 g/mol. The SMILES string of the molecule is Fc1c(Br)cccc1CNCCNC1CC1. The van der Waals surface area contributed by atoms with Gasteiger partial charge in [-0.25, -0.2) is 4.39 Å². The summed E-state index contributed by atoms with van der Waals surface area (Å²) in [6.07, 6.45) is 2.61. The molecule has 0 saturated heterocycles. The Morgan fingerprint density at radius 3 is 2.88 bits per heavy atom. The van der Waals surface area contributed by atoms with Crippen molar-refractivity contribution in [3.8, 4) is 0 Å². The van der Waals surface area contributed by atoms with Gasteiger partial charge in [0, 0.05) is 31.2 Å². The van der Waals surface area contributed by atoms with E-state index < -0.39 is 0 Å². The largest absolute Gasteiger partial charge is 0.313 e. The second kappa shape index (κ2) is 5.75. The van der Waals surface area contributed by atoms with Crippen molar-refractivity contribution in [3.63, 3.8) is 0 Å². The summed E-state index contributed by atoms with van der Waals surface area (Å²) in [5.74, 6) is -0.162. The third kappa shape index (κ3) is 3.54. The number of benzene rings is 1. The lowest BCUT2D eigenvalue weighted by Gasteiger charge is -2.07. The Labute approximate surface area is 104 Å². The molecule has 0 heterocycles. The summed E-state index contributed by atoms with van der Waals surface area (Å²) < 4.78 is 14.1. The van der Waals surface area contributed by atoms with Crippen molar-refractivity contribution < 1.29 is 4.39 Å². The molecule has 0 unspecified atom stereocenters. The van der Waals surface area contributed by atoms with Crippen LogP contribution >= 0.6 is 15.9 Å². The first-order chi connectivity index (χ1) is 7.77. The third-order valence-corrected chi connectivity index (χ3v) is 3.27. The van der Waals surface area contributed by atoms with E-state index in [9.17, 15) is 4.39 Å². The van der Waals surface area contributed by atoms with Crippen molar-refractivity contribution >= 4 is 15.9 Å². The van der Waals surface area contributed by atoms with E-state index in [4.69, 9.17) is 0 Å². The standard InChI is InChI=1S/C12H16BrFN2/c13-11-3-1-2-9(12(11)14)8-15-6-7-16-10-4-5-10/h1-3,10,15-16H,4-8H2. The van der Waals surface area contributed by atoms with Crippen molar-refractivity contribution in [3.05, 3.63) is 34.1 Å². The van der Waals surface area contributed by atoms with Gasteiger partial charge in [-0.05, 0) is 34.8 Å². The Morgan fingerprint density at radius 2 is 2.12 bits per heavy atom. The molecule has 1 fully saturated rings. The number of halogens is 2. The maximum Gasteiger partial charge on any atom is 0.141 e. The van der Waals surface area contributed by atoms with E-state index in [-0.39, 0.29) is 5.82 Å². The fourth-order valence-electron chi connectivity index (χ4n) is 1.56. The lowest BCUT2D eigenvalue weighted by atomic mass is 10.2. The highest BCUT2D eigenvalue weighted by molar-refractivity contribution is 9.10. The Balaban J connectivity index is 1.69. The summed E-state index contributed by atoms with van der Waals surface area (Å²) in [5, 5.41) is 6.63.